The first-order chi connectivity index (χ1) is 11.7. The minimum atomic E-state index is 0.398. The third-order valence-corrected chi connectivity index (χ3v) is 3.68. The van der Waals surface area contributed by atoms with Crippen LogP contribution in [0, 0.1) is 0 Å². The fourth-order valence-electron chi connectivity index (χ4n) is 2.06. The maximum atomic E-state index is 6.16. The summed E-state index contributed by atoms with van der Waals surface area (Å²) in [5.41, 5.74) is 4.48. The number of nitrogens with zero attached hydrogens (tertiary/aromatic N) is 1. The largest absolute Gasteiger partial charge is 0.455 e. The molecular weight excluding hydrogens is 342 g/mol. The molecule has 0 aliphatic heterocycles. The van der Waals surface area contributed by atoms with Gasteiger partial charge in [-0.2, -0.15) is 5.10 Å². The Morgan fingerprint density at radius 3 is 2.54 bits per heavy atom. The number of para-hydroxylation sites is 1. The molecule has 0 unspecified atom stereocenters. The molecule has 0 saturated heterocycles. The van der Waals surface area contributed by atoms with Crippen molar-refractivity contribution in [2.45, 2.75) is 0 Å². The molecule has 6 heteroatoms. The van der Waals surface area contributed by atoms with E-state index in [2.05, 4.69) is 15.8 Å². The summed E-state index contributed by atoms with van der Waals surface area (Å²) in [5.74, 6) is 1.28. The van der Waals surface area contributed by atoms with E-state index in [-0.39, 0.29) is 0 Å². The monoisotopic (exact) mass is 355 g/mol. The number of nitrogens with one attached hydrogen (secondary N) is 2. The van der Waals surface area contributed by atoms with Crippen molar-refractivity contribution in [1.29, 1.82) is 0 Å². The normalized spacial score (nSPS) is 10.7. The Balaban J connectivity index is 1.60. The highest BCUT2D eigenvalue weighted by atomic mass is 35.5. The maximum Gasteiger partial charge on any atom is 0.191 e. The number of furan rings is 1. The molecule has 0 saturated carbocycles. The number of benzene rings is 2. The Labute approximate surface area is 150 Å². The Bertz CT molecular complexity index is 861. The molecule has 0 fully saturated rings. The third kappa shape index (κ3) is 4.22. The zero-order chi connectivity index (χ0) is 16.8. The molecule has 1 aromatic heterocycles. The topological polar surface area (TPSA) is 49.6 Å². The van der Waals surface area contributed by atoms with E-state index in [4.69, 9.17) is 28.2 Å². The predicted octanol–water partition coefficient (Wildman–Crippen LogP) is 4.92. The molecule has 3 aromatic rings. The quantitative estimate of drug-likeness (QED) is 0.396. The van der Waals surface area contributed by atoms with E-state index in [9.17, 15) is 0 Å². The highest BCUT2D eigenvalue weighted by Gasteiger charge is 2.06. The predicted molar refractivity (Wildman–Crippen MR) is 103 cm³/mol. The zero-order valence-corrected chi connectivity index (χ0v) is 14.1. The van der Waals surface area contributed by atoms with Gasteiger partial charge in [-0.15, -0.1) is 0 Å². The Morgan fingerprint density at radius 1 is 1.00 bits per heavy atom. The van der Waals surface area contributed by atoms with Crippen LogP contribution in [0.4, 0.5) is 5.69 Å². The lowest BCUT2D eigenvalue weighted by molar-refractivity contribution is 0.574. The van der Waals surface area contributed by atoms with Crippen LogP contribution >= 0.6 is 23.8 Å². The van der Waals surface area contributed by atoms with Crippen molar-refractivity contribution in [1.82, 2.24) is 5.43 Å². The number of halogens is 1. The standard InChI is InChI=1S/C18H14ClN3OS/c19-16-9-5-4-8-15(16)17-11-10-14(23-17)12-20-22-18(24)21-13-6-2-1-3-7-13/h1-12H,(H2,21,22,24)/b20-12+. The molecule has 0 aliphatic carbocycles. The van der Waals surface area contributed by atoms with Crippen molar-refractivity contribution in [2.75, 3.05) is 5.32 Å². The van der Waals surface area contributed by atoms with Gasteiger partial charge in [0.15, 0.2) is 5.11 Å². The van der Waals surface area contributed by atoms with Gasteiger partial charge in [-0.1, -0.05) is 41.9 Å². The Kier molecular flexibility index (Phi) is 5.25. The lowest BCUT2D eigenvalue weighted by Crippen LogP contribution is -2.23. The zero-order valence-electron chi connectivity index (χ0n) is 12.6. The van der Waals surface area contributed by atoms with Crippen LogP contribution in [0.5, 0.6) is 0 Å². The number of hydrogen-bond donors (Lipinski definition) is 2. The van der Waals surface area contributed by atoms with E-state index in [1.807, 2.05) is 66.7 Å². The first-order valence-corrected chi connectivity index (χ1v) is 8.01. The van der Waals surface area contributed by atoms with Crippen LogP contribution in [0.3, 0.4) is 0 Å². The van der Waals surface area contributed by atoms with Crippen molar-refractivity contribution in [3.63, 3.8) is 0 Å². The average Bonchev–Trinajstić information content (AvgIpc) is 3.05. The molecule has 24 heavy (non-hydrogen) atoms. The molecule has 3 rings (SSSR count). The van der Waals surface area contributed by atoms with E-state index in [1.165, 1.54) is 0 Å². The lowest BCUT2D eigenvalue weighted by Gasteiger charge is -2.05. The molecule has 0 radical (unpaired) electrons. The van der Waals surface area contributed by atoms with Crippen molar-refractivity contribution in [2.24, 2.45) is 5.10 Å². The van der Waals surface area contributed by atoms with Crippen molar-refractivity contribution in [3.8, 4) is 11.3 Å². The molecular formula is C18H14ClN3OS. The second-order valence-corrected chi connectivity index (χ2v) is 5.69. The molecule has 120 valence electrons. The molecule has 0 aliphatic rings. The first-order valence-electron chi connectivity index (χ1n) is 7.22. The van der Waals surface area contributed by atoms with Gasteiger partial charge in [0.25, 0.3) is 0 Å². The van der Waals surface area contributed by atoms with E-state index >= 15 is 0 Å². The van der Waals surface area contributed by atoms with Gasteiger partial charge in [0, 0.05) is 11.3 Å². The molecule has 2 aromatic carbocycles. The summed E-state index contributed by atoms with van der Waals surface area (Å²) >= 11 is 11.3. The number of rotatable bonds is 4. The third-order valence-electron chi connectivity index (χ3n) is 3.16. The van der Waals surface area contributed by atoms with E-state index in [0.29, 0.717) is 21.7 Å². The number of hydrogen-bond acceptors (Lipinski definition) is 3. The van der Waals surface area contributed by atoms with Gasteiger partial charge >= 0.3 is 0 Å². The van der Waals surface area contributed by atoms with Crippen LogP contribution in [-0.4, -0.2) is 11.3 Å². The van der Waals surface area contributed by atoms with Crippen molar-refractivity contribution >= 4 is 40.8 Å². The van der Waals surface area contributed by atoms with Crippen LogP contribution < -0.4 is 10.7 Å². The van der Waals surface area contributed by atoms with E-state index in [0.717, 1.165) is 11.3 Å². The Hall–Kier alpha value is -2.63. The van der Waals surface area contributed by atoms with Gasteiger partial charge < -0.3 is 9.73 Å². The molecule has 0 amide bonds. The molecule has 0 bridgehead atoms. The van der Waals surface area contributed by atoms with Gasteiger partial charge in [-0.3, -0.25) is 5.43 Å². The second-order valence-electron chi connectivity index (χ2n) is 4.87. The van der Waals surface area contributed by atoms with Gasteiger partial charge in [-0.25, -0.2) is 0 Å². The van der Waals surface area contributed by atoms with E-state index in [1.54, 1.807) is 6.21 Å². The molecule has 1 heterocycles. The van der Waals surface area contributed by atoms with Crippen LogP contribution in [0.25, 0.3) is 11.3 Å². The van der Waals surface area contributed by atoms with E-state index < -0.39 is 0 Å². The summed E-state index contributed by atoms with van der Waals surface area (Å²) in [5, 5.41) is 8.13. The first kappa shape index (κ1) is 16.2. The molecule has 4 nitrogen and oxygen atoms in total. The average molecular weight is 356 g/mol. The van der Waals surface area contributed by atoms with Gasteiger partial charge in [0.2, 0.25) is 0 Å². The molecule has 0 spiro atoms. The highest BCUT2D eigenvalue weighted by molar-refractivity contribution is 7.80. The number of hydrazone groups is 1. The minimum Gasteiger partial charge on any atom is -0.455 e. The number of thiocarbonyl (C=S) groups is 1. The smallest absolute Gasteiger partial charge is 0.191 e. The van der Waals surface area contributed by atoms with Crippen LogP contribution in [-0.2, 0) is 0 Å². The summed E-state index contributed by atoms with van der Waals surface area (Å²) in [6, 6.07) is 20.8. The summed E-state index contributed by atoms with van der Waals surface area (Å²) in [6.45, 7) is 0. The lowest BCUT2D eigenvalue weighted by atomic mass is 10.2. The summed E-state index contributed by atoms with van der Waals surface area (Å²) in [6.07, 6.45) is 1.55. The van der Waals surface area contributed by atoms with Gasteiger partial charge in [0.1, 0.15) is 11.5 Å². The Morgan fingerprint density at radius 2 is 1.75 bits per heavy atom. The van der Waals surface area contributed by atoms with Crippen molar-refractivity contribution < 1.29 is 4.42 Å². The minimum absolute atomic E-state index is 0.398. The maximum absolute atomic E-state index is 6.16. The van der Waals surface area contributed by atoms with Gasteiger partial charge in [0.05, 0.1) is 11.2 Å². The van der Waals surface area contributed by atoms with Crippen LogP contribution in [0.15, 0.2) is 76.2 Å². The summed E-state index contributed by atoms with van der Waals surface area (Å²) in [4.78, 5) is 0. The van der Waals surface area contributed by atoms with Crippen LogP contribution in [0.2, 0.25) is 5.02 Å². The summed E-state index contributed by atoms with van der Waals surface area (Å²) < 4.78 is 5.71. The fourth-order valence-corrected chi connectivity index (χ4v) is 2.46. The van der Waals surface area contributed by atoms with Crippen LogP contribution in [0.1, 0.15) is 5.76 Å². The molecule has 2 N–H and O–H groups in total. The summed E-state index contributed by atoms with van der Waals surface area (Å²) in [7, 11) is 0. The highest BCUT2D eigenvalue weighted by Crippen LogP contribution is 2.28. The number of anilines is 1. The SMILES string of the molecule is S=C(N/N=C/c1ccc(-c2ccccc2Cl)o1)Nc1ccccc1. The second kappa shape index (κ2) is 7.77. The molecule has 0 atom stereocenters. The fraction of sp³-hybridized carbons (Fsp3) is 0. The van der Waals surface area contributed by atoms with Gasteiger partial charge in [-0.05, 0) is 48.6 Å². The van der Waals surface area contributed by atoms with Crippen molar-refractivity contribution in [3.05, 3.63) is 77.5 Å².